The van der Waals surface area contributed by atoms with Gasteiger partial charge in [-0.15, -0.1) is 0 Å². The van der Waals surface area contributed by atoms with Crippen LogP contribution in [-0.4, -0.2) is 34.4 Å². The van der Waals surface area contributed by atoms with E-state index in [4.69, 9.17) is 5.11 Å². The van der Waals surface area contributed by atoms with Crippen molar-refractivity contribution in [2.75, 3.05) is 18.0 Å². The maximum Gasteiger partial charge on any atom is 0.432 e. The molecule has 2 rings (SSSR count). The normalized spacial score (nSPS) is 18.1. The Bertz CT molecular complexity index is 436. The van der Waals surface area contributed by atoms with E-state index in [9.17, 15) is 18.0 Å². The van der Waals surface area contributed by atoms with Crippen LogP contribution in [0.3, 0.4) is 0 Å². The van der Waals surface area contributed by atoms with Gasteiger partial charge in [-0.25, -0.2) is 0 Å². The van der Waals surface area contributed by atoms with E-state index in [1.165, 1.54) is 0 Å². The molecule has 0 atom stereocenters. The van der Waals surface area contributed by atoms with Crippen molar-refractivity contribution in [3.63, 3.8) is 0 Å². The van der Waals surface area contributed by atoms with Crippen molar-refractivity contribution in [3.05, 3.63) is 11.8 Å². The molecular formula is C10H12F3N3O2. The Morgan fingerprint density at radius 2 is 2.06 bits per heavy atom. The summed E-state index contributed by atoms with van der Waals surface area (Å²) in [6.07, 6.45) is -3.60. The van der Waals surface area contributed by atoms with Crippen LogP contribution in [0.15, 0.2) is 6.07 Å². The zero-order valence-electron chi connectivity index (χ0n) is 9.37. The van der Waals surface area contributed by atoms with Crippen LogP contribution in [0.4, 0.5) is 19.0 Å². The van der Waals surface area contributed by atoms with Gasteiger partial charge < -0.3 is 10.0 Å². The average molecular weight is 263 g/mol. The first-order chi connectivity index (χ1) is 8.38. The highest BCUT2D eigenvalue weighted by Gasteiger charge is 2.34. The Morgan fingerprint density at radius 3 is 2.50 bits per heavy atom. The Hall–Kier alpha value is -1.73. The smallest absolute Gasteiger partial charge is 0.432 e. The second-order valence-corrected chi connectivity index (χ2v) is 4.24. The van der Waals surface area contributed by atoms with Crippen LogP contribution < -0.4 is 4.90 Å². The molecule has 0 amide bonds. The summed E-state index contributed by atoms with van der Waals surface area (Å²) < 4.78 is 37.1. The zero-order valence-corrected chi connectivity index (χ0v) is 9.37. The number of carbonyl (C=O) groups is 1. The first-order valence-electron chi connectivity index (χ1n) is 5.48. The highest BCUT2D eigenvalue weighted by Crippen LogP contribution is 2.30. The van der Waals surface area contributed by atoms with Crippen LogP contribution in [0.2, 0.25) is 0 Å². The van der Waals surface area contributed by atoms with Crippen LogP contribution in [0.1, 0.15) is 18.5 Å². The van der Waals surface area contributed by atoms with Crippen LogP contribution >= 0.6 is 0 Å². The number of carboxylic acids is 1. The number of nitrogens with zero attached hydrogens (tertiary/aromatic N) is 2. The van der Waals surface area contributed by atoms with E-state index < -0.39 is 23.8 Å². The van der Waals surface area contributed by atoms with Crippen molar-refractivity contribution in [3.8, 4) is 0 Å². The van der Waals surface area contributed by atoms with Gasteiger partial charge in [0.05, 0.1) is 5.92 Å². The Balaban J connectivity index is 2.02. The summed E-state index contributed by atoms with van der Waals surface area (Å²) in [5.74, 6) is -1.05. The van der Waals surface area contributed by atoms with Gasteiger partial charge in [-0.2, -0.15) is 18.3 Å². The molecule has 0 saturated carbocycles. The second kappa shape index (κ2) is 4.51. The third-order valence-corrected chi connectivity index (χ3v) is 3.04. The Labute approximate surface area is 101 Å². The Kier molecular flexibility index (Phi) is 3.18. The molecule has 100 valence electrons. The van der Waals surface area contributed by atoms with E-state index >= 15 is 0 Å². The SMILES string of the molecule is O=C(O)C1CCN(c2cc(C(F)(F)F)[nH]n2)CC1. The third kappa shape index (κ3) is 2.57. The van der Waals surface area contributed by atoms with E-state index in [-0.39, 0.29) is 5.82 Å². The quantitative estimate of drug-likeness (QED) is 0.852. The van der Waals surface area contributed by atoms with Crippen LogP contribution in [0.25, 0.3) is 0 Å². The van der Waals surface area contributed by atoms with Crippen molar-refractivity contribution < 1.29 is 23.1 Å². The molecule has 5 nitrogen and oxygen atoms in total. The standard InChI is InChI=1S/C10H12F3N3O2/c11-10(12,13)7-5-8(15-14-7)16-3-1-6(2-4-16)9(17)18/h5-6H,1-4H2,(H,14,15)(H,17,18). The van der Waals surface area contributed by atoms with Gasteiger partial charge in [0.25, 0.3) is 0 Å². The molecule has 0 aliphatic carbocycles. The number of anilines is 1. The number of aromatic amines is 1. The first-order valence-corrected chi connectivity index (χ1v) is 5.48. The summed E-state index contributed by atoms with van der Waals surface area (Å²) in [5, 5.41) is 14.4. The summed E-state index contributed by atoms with van der Waals surface area (Å²) in [5.41, 5.74) is -0.891. The fourth-order valence-electron chi connectivity index (χ4n) is 1.97. The minimum atomic E-state index is -4.44. The number of carboxylic acid groups (broad SMARTS) is 1. The number of piperidine rings is 1. The molecule has 8 heteroatoms. The highest BCUT2D eigenvalue weighted by atomic mass is 19.4. The lowest BCUT2D eigenvalue weighted by atomic mass is 9.97. The molecule has 0 unspecified atom stereocenters. The molecule has 1 aromatic rings. The molecule has 1 aliphatic rings. The predicted molar refractivity (Wildman–Crippen MR) is 56.2 cm³/mol. The fourth-order valence-corrected chi connectivity index (χ4v) is 1.97. The minimum Gasteiger partial charge on any atom is -0.481 e. The van der Waals surface area contributed by atoms with E-state index in [2.05, 4.69) is 5.10 Å². The lowest BCUT2D eigenvalue weighted by Crippen LogP contribution is -2.36. The summed E-state index contributed by atoms with van der Waals surface area (Å²) in [4.78, 5) is 12.4. The van der Waals surface area contributed by atoms with E-state index in [1.807, 2.05) is 5.10 Å². The van der Waals surface area contributed by atoms with Crippen LogP contribution in [-0.2, 0) is 11.0 Å². The third-order valence-electron chi connectivity index (χ3n) is 3.04. The van der Waals surface area contributed by atoms with Gasteiger partial charge >= 0.3 is 12.1 Å². The number of hydrogen-bond donors (Lipinski definition) is 2. The van der Waals surface area contributed by atoms with Crippen LogP contribution in [0, 0.1) is 5.92 Å². The van der Waals surface area contributed by atoms with E-state index in [0.29, 0.717) is 25.9 Å². The van der Waals surface area contributed by atoms with E-state index in [1.54, 1.807) is 4.90 Å². The topological polar surface area (TPSA) is 69.2 Å². The zero-order chi connectivity index (χ0) is 13.3. The number of rotatable bonds is 2. The second-order valence-electron chi connectivity index (χ2n) is 4.24. The van der Waals surface area contributed by atoms with Gasteiger partial charge in [-0.1, -0.05) is 0 Å². The maximum absolute atomic E-state index is 12.4. The van der Waals surface area contributed by atoms with Gasteiger partial charge in [0, 0.05) is 19.2 Å². The lowest BCUT2D eigenvalue weighted by Gasteiger charge is -2.29. The van der Waals surface area contributed by atoms with E-state index in [0.717, 1.165) is 6.07 Å². The number of hydrogen-bond acceptors (Lipinski definition) is 3. The van der Waals surface area contributed by atoms with Crippen molar-refractivity contribution in [1.82, 2.24) is 10.2 Å². The molecule has 0 spiro atoms. The highest BCUT2D eigenvalue weighted by molar-refractivity contribution is 5.70. The van der Waals surface area contributed by atoms with Gasteiger partial charge in [0.15, 0.2) is 5.82 Å². The Morgan fingerprint density at radius 1 is 1.44 bits per heavy atom. The number of aliphatic carboxylic acids is 1. The van der Waals surface area contributed by atoms with Crippen molar-refractivity contribution >= 4 is 11.8 Å². The summed E-state index contributed by atoms with van der Waals surface area (Å²) in [6.45, 7) is 0.804. The molecule has 2 heterocycles. The fraction of sp³-hybridized carbons (Fsp3) is 0.600. The van der Waals surface area contributed by atoms with Gasteiger partial charge in [-0.3, -0.25) is 9.89 Å². The summed E-state index contributed by atoms with van der Waals surface area (Å²) >= 11 is 0. The molecule has 0 bridgehead atoms. The average Bonchev–Trinajstić information content (AvgIpc) is 2.78. The van der Waals surface area contributed by atoms with Gasteiger partial charge in [0.2, 0.25) is 0 Å². The number of halogens is 3. The van der Waals surface area contributed by atoms with Crippen LogP contribution in [0.5, 0.6) is 0 Å². The molecule has 1 fully saturated rings. The van der Waals surface area contributed by atoms with Crippen molar-refractivity contribution in [1.29, 1.82) is 0 Å². The lowest BCUT2D eigenvalue weighted by molar-refractivity contribution is -0.142. The number of nitrogens with one attached hydrogen (secondary N) is 1. The number of alkyl halides is 3. The number of H-pyrrole nitrogens is 1. The molecule has 1 aromatic heterocycles. The summed E-state index contributed by atoms with van der Waals surface area (Å²) in [6, 6.07) is 0.946. The summed E-state index contributed by atoms with van der Waals surface area (Å²) in [7, 11) is 0. The first kappa shape index (κ1) is 12.7. The predicted octanol–water partition coefficient (Wildman–Crippen LogP) is 1.73. The number of aromatic nitrogens is 2. The molecule has 1 aliphatic heterocycles. The molecule has 1 saturated heterocycles. The molecule has 18 heavy (non-hydrogen) atoms. The molecule has 0 radical (unpaired) electrons. The van der Waals surface area contributed by atoms with Crippen molar-refractivity contribution in [2.24, 2.45) is 5.92 Å². The monoisotopic (exact) mass is 263 g/mol. The van der Waals surface area contributed by atoms with Gasteiger partial charge in [0.1, 0.15) is 5.69 Å². The molecule has 0 aromatic carbocycles. The minimum absolute atomic E-state index is 0.214. The van der Waals surface area contributed by atoms with Gasteiger partial charge in [-0.05, 0) is 12.8 Å². The molecular weight excluding hydrogens is 251 g/mol. The van der Waals surface area contributed by atoms with Crippen molar-refractivity contribution in [2.45, 2.75) is 19.0 Å². The maximum atomic E-state index is 12.4. The molecule has 2 N–H and O–H groups in total. The largest absolute Gasteiger partial charge is 0.481 e.